The van der Waals surface area contributed by atoms with Gasteiger partial charge in [-0.2, -0.15) is 0 Å². The topological polar surface area (TPSA) is 76.0 Å². The van der Waals surface area contributed by atoms with Gasteiger partial charge in [0, 0.05) is 6.10 Å². The zero-order chi connectivity index (χ0) is 25.8. The number of aliphatic hydroxyl groups is 1. The Hall–Kier alpha value is -1.37. The lowest BCUT2D eigenvalue weighted by Crippen LogP contribution is -2.44. The van der Waals surface area contributed by atoms with Crippen LogP contribution in [0.5, 0.6) is 5.75 Å². The summed E-state index contributed by atoms with van der Waals surface area (Å²) in [6, 6.07) is 5.98. The summed E-state index contributed by atoms with van der Waals surface area (Å²) >= 11 is 0. The minimum Gasteiger partial charge on any atom is -0.482 e. The standard InChI is InChI=1S/C29H48O5Si/c1-7-8-9-12-22(34-35(5,6)29(2,3)4)14-15-23-24-18-25-20(16-21(24)17-26(23)30)11-10-13-27(25)33-19-28(31)32/h10-11,13,21-24,26,30H,7-9,12,14-19H2,1-6H3,(H,31,32)/t21?,22-,23+,24?,26+/m0/s1. The Labute approximate surface area is 213 Å². The highest BCUT2D eigenvalue weighted by atomic mass is 28.4. The molecule has 35 heavy (non-hydrogen) atoms. The Balaban J connectivity index is 1.71. The Kier molecular flexibility index (Phi) is 9.49. The maximum atomic E-state index is 11.1. The number of fused-ring (bicyclic) bond motifs is 2. The monoisotopic (exact) mass is 504 g/mol. The van der Waals surface area contributed by atoms with E-state index in [9.17, 15) is 9.90 Å². The summed E-state index contributed by atoms with van der Waals surface area (Å²) in [5.41, 5.74) is 2.40. The molecule has 3 rings (SSSR count). The SMILES string of the molecule is CCCCC[C@@H](CC[C@@H]1C2Cc3c(cccc3OCC(=O)O)CC2C[C@H]1O)O[Si](C)(C)C(C)(C)C. The number of unbranched alkanes of at least 4 members (excludes halogenated alkanes) is 2. The van der Waals surface area contributed by atoms with Crippen LogP contribution in [-0.4, -0.2) is 43.3 Å². The second-order valence-corrected chi connectivity index (χ2v) is 17.2. The van der Waals surface area contributed by atoms with E-state index in [1.165, 1.54) is 24.8 Å². The average Bonchev–Trinajstić information content (AvgIpc) is 3.07. The maximum absolute atomic E-state index is 11.1. The number of ether oxygens (including phenoxy) is 1. The van der Waals surface area contributed by atoms with Crippen molar-refractivity contribution in [3.63, 3.8) is 0 Å². The third-order valence-electron chi connectivity index (χ3n) is 8.92. The fraction of sp³-hybridized carbons (Fsp3) is 0.759. The summed E-state index contributed by atoms with van der Waals surface area (Å²) in [4.78, 5) is 11.1. The van der Waals surface area contributed by atoms with E-state index in [4.69, 9.17) is 14.3 Å². The summed E-state index contributed by atoms with van der Waals surface area (Å²) in [7, 11) is -1.86. The van der Waals surface area contributed by atoms with Crippen LogP contribution in [0.2, 0.25) is 18.1 Å². The van der Waals surface area contributed by atoms with Crippen molar-refractivity contribution in [2.75, 3.05) is 6.61 Å². The smallest absolute Gasteiger partial charge is 0.341 e. The molecule has 198 valence electrons. The fourth-order valence-corrected chi connectivity index (χ4v) is 7.36. The van der Waals surface area contributed by atoms with E-state index >= 15 is 0 Å². The normalized spacial score (nSPS) is 25.1. The summed E-state index contributed by atoms with van der Waals surface area (Å²) in [5, 5.41) is 20.3. The summed E-state index contributed by atoms with van der Waals surface area (Å²) in [5.74, 6) is 0.897. The molecule has 2 aliphatic rings. The highest BCUT2D eigenvalue weighted by Crippen LogP contribution is 2.49. The highest BCUT2D eigenvalue weighted by molar-refractivity contribution is 6.74. The van der Waals surface area contributed by atoms with Crippen LogP contribution in [0.25, 0.3) is 0 Å². The summed E-state index contributed by atoms with van der Waals surface area (Å²) in [6.45, 7) is 13.5. The van der Waals surface area contributed by atoms with Gasteiger partial charge in [0.15, 0.2) is 14.9 Å². The second-order valence-electron chi connectivity index (χ2n) is 12.4. The van der Waals surface area contributed by atoms with Crippen LogP contribution in [0.4, 0.5) is 0 Å². The second kappa shape index (κ2) is 11.8. The molecule has 5 atom stereocenters. The van der Waals surface area contributed by atoms with Gasteiger partial charge in [0.05, 0.1) is 6.10 Å². The Morgan fingerprint density at radius 1 is 1.17 bits per heavy atom. The van der Waals surface area contributed by atoms with Crippen LogP contribution < -0.4 is 4.74 Å². The van der Waals surface area contributed by atoms with Crippen LogP contribution in [0.3, 0.4) is 0 Å². The zero-order valence-corrected chi connectivity index (χ0v) is 23.8. The van der Waals surface area contributed by atoms with Crippen LogP contribution >= 0.6 is 0 Å². The van der Waals surface area contributed by atoms with Gasteiger partial charge in [-0.05, 0) is 91.6 Å². The highest BCUT2D eigenvalue weighted by Gasteiger charge is 2.45. The number of carbonyl (C=O) groups is 1. The molecular formula is C29H48O5Si. The largest absolute Gasteiger partial charge is 0.482 e. The lowest BCUT2D eigenvalue weighted by atomic mass is 9.73. The molecule has 0 aromatic heterocycles. The number of benzene rings is 1. The molecule has 1 fully saturated rings. The maximum Gasteiger partial charge on any atom is 0.341 e. The van der Waals surface area contributed by atoms with E-state index in [0.29, 0.717) is 17.6 Å². The third kappa shape index (κ3) is 7.11. The average molecular weight is 505 g/mol. The van der Waals surface area contributed by atoms with Crippen molar-refractivity contribution in [3.05, 3.63) is 29.3 Å². The number of hydrogen-bond acceptors (Lipinski definition) is 4. The summed E-state index contributed by atoms with van der Waals surface area (Å²) in [6.07, 6.45) is 9.41. The number of aliphatic carboxylic acids is 1. The lowest BCUT2D eigenvalue weighted by Gasteiger charge is -2.40. The van der Waals surface area contributed by atoms with E-state index in [1.54, 1.807) is 0 Å². The van der Waals surface area contributed by atoms with E-state index < -0.39 is 14.3 Å². The quantitative estimate of drug-likeness (QED) is 0.247. The lowest BCUT2D eigenvalue weighted by molar-refractivity contribution is -0.139. The molecule has 2 aliphatic carbocycles. The minimum absolute atomic E-state index is 0.188. The minimum atomic E-state index is -1.86. The molecule has 0 bridgehead atoms. The number of aliphatic hydroxyl groups excluding tert-OH is 1. The predicted molar refractivity (Wildman–Crippen MR) is 144 cm³/mol. The molecule has 0 aliphatic heterocycles. The molecule has 5 nitrogen and oxygen atoms in total. The Morgan fingerprint density at radius 2 is 1.91 bits per heavy atom. The van der Waals surface area contributed by atoms with E-state index in [-0.39, 0.29) is 29.8 Å². The molecule has 0 radical (unpaired) electrons. The van der Waals surface area contributed by atoms with Gasteiger partial charge in [-0.3, -0.25) is 0 Å². The molecular weight excluding hydrogens is 456 g/mol. The zero-order valence-electron chi connectivity index (χ0n) is 22.8. The number of carboxylic acids is 1. The molecule has 6 heteroatoms. The first-order valence-corrected chi connectivity index (χ1v) is 16.6. The van der Waals surface area contributed by atoms with Crippen molar-refractivity contribution < 1.29 is 24.2 Å². The number of carboxylic acid groups (broad SMARTS) is 1. The van der Waals surface area contributed by atoms with Crippen molar-refractivity contribution in [3.8, 4) is 5.75 Å². The molecule has 0 saturated heterocycles. The molecule has 2 N–H and O–H groups in total. The molecule has 1 saturated carbocycles. The van der Waals surface area contributed by atoms with Crippen LogP contribution in [0.15, 0.2) is 18.2 Å². The van der Waals surface area contributed by atoms with E-state index in [1.807, 2.05) is 12.1 Å². The van der Waals surface area contributed by atoms with Crippen LogP contribution in [0.1, 0.15) is 83.8 Å². The fourth-order valence-electron chi connectivity index (χ4n) is 5.94. The van der Waals surface area contributed by atoms with Gasteiger partial charge in [0.2, 0.25) is 0 Å². The molecule has 2 unspecified atom stereocenters. The van der Waals surface area contributed by atoms with Gasteiger partial charge in [0.1, 0.15) is 5.75 Å². The molecule has 1 aromatic carbocycles. The number of rotatable bonds is 12. The molecule has 0 heterocycles. The van der Waals surface area contributed by atoms with Crippen molar-refractivity contribution in [2.24, 2.45) is 17.8 Å². The van der Waals surface area contributed by atoms with Crippen LogP contribution in [-0.2, 0) is 22.1 Å². The van der Waals surface area contributed by atoms with Gasteiger partial charge in [0.25, 0.3) is 0 Å². The summed E-state index contributed by atoms with van der Waals surface area (Å²) < 4.78 is 12.5. The third-order valence-corrected chi connectivity index (χ3v) is 13.5. The molecule has 0 amide bonds. The van der Waals surface area contributed by atoms with Crippen molar-refractivity contribution in [1.29, 1.82) is 0 Å². The predicted octanol–water partition coefficient (Wildman–Crippen LogP) is 6.61. The van der Waals surface area contributed by atoms with Gasteiger partial charge in [-0.15, -0.1) is 0 Å². The Morgan fingerprint density at radius 3 is 2.57 bits per heavy atom. The molecule has 0 spiro atoms. The van der Waals surface area contributed by atoms with Crippen molar-refractivity contribution >= 4 is 14.3 Å². The first kappa shape index (κ1) is 28.2. The van der Waals surface area contributed by atoms with Gasteiger partial charge in [-0.25, -0.2) is 4.79 Å². The van der Waals surface area contributed by atoms with Gasteiger partial charge in [-0.1, -0.05) is 59.1 Å². The van der Waals surface area contributed by atoms with E-state index in [0.717, 1.165) is 44.1 Å². The molecule has 1 aromatic rings. The first-order valence-electron chi connectivity index (χ1n) is 13.7. The van der Waals surface area contributed by atoms with Gasteiger partial charge < -0.3 is 19.4 Å². The first-order chi connectivity index (χ1) is 16.4. The number of hydrogen-bond donors (Lipinski definition) is 2. The van der Waals surface area contributed by atoms with Gasteiger partial charge >= 0.3 is 5.97 Å². The van der Waals surface area contributed by atoms with E-state index in [2.05, 4.69) is 46.9 Å². The van der Waals surface area contributed by atoms with Crippen molar-refractivity contribution in [1.82, 2.24) is 0 Å². The van der Waals surface area contributed by atoms with Crippen LogP contribution in [0, 0.1) is 17.8 Å². The van der Waals surface area contributed by atoms with Crippen molar-refractivity contribution in [2.45, 2.75) is 116 Å². The Bertz CT molecular complexity index is 846.